The van der Waals surface area contributed by atoms with Gasteiger partial charge < -0.3 is 45.3 Å². The van der Waals surface area contributed by atoms with Crippen LogP contribution in [0.25, 0.3) is 0 Å². The number of halogens is 3. The monoisotopic (exact) mass is 1150 g/mol. The number of aliphatic hydroxyl groups is 1. The maximum Gasteiger partial charge on any atom is 0.405 e. The fraction of sp³-hybridized carbons (Fsp3) is 0.672. The van der Waals surface area contributed by atoms with Crippen LogP contribution in [0.2, 0.25) is 0 Å². The van der Waals surface area contributed by atoms with Crippen molar-refractivity contribution in [1.29, 1.82) is 0 Å². The van der Waals surface area contributed by atoms with E-state index in [1.54, 1.807) is 38.6 Å². The van der Waals surface area contributed by atoms with Gasteiger partial charge in [0.25, 0.3) is 6.47 Å². The van der Waals surface area contributed by atoms with E-state index in [4.69, 9.17) is 19.4 Å². The molecule has 5 N–H and O–H groups in total. The molecule has 2 aromatic rings. The number of hydrazine groups is 1. The predicted molar refractivity (Wildman–Crippen MR) is 339 cm³/mol. The molecule has 0 aliphatic carbocycles. The van der Waals surface area contributed by atoms with E-state index in [9.17, 15) is 18.0 Å². The number of hydrogen-bond donors (Lipinski definition) is 5. The molecule has 5 atom stereocenters. The minimum atomic E-state index is -4.38. The van der Waals surface area contributed by atoms with Crippen LogP contribution in [0.15, 0.2) is 93.0 Å². The maximum absolute atomic E-state index is 13.7. The molecular weight excluding hydrogens is 1030 g/mol. The van der Waals surface area contributed by atoms with Crippen LogP contribution in [0.5, 0.6) is 0 Å². The molecule has 1 aromatic heterocycles. The number of pyridine rings is 1. The van der Waals surface area contributed by atoms with Crippen molar-refractivity contribution in [3.63, 3.8) is 0 Å². The van der Waals surface area contributed by atoms with E-state index >= 15 is 0 Å². The minimum Gasteiger partial charge on any atom is -0.467 e. The first kappa shape index (κ1) is 82.8. The summed E-state index contributed by atoms with van der Waals surface area (Å²) in [6.07, 6.45) is 7.00. The molecule has 14 nitrogen and oxygen atoms in total. The minimum absolute atomic E-state index is 0.176. The number of anilines is 1. The first-order chi connectivity index (χ1) is 38.9. The van der Waals surface area contributed by atoms with E-state index < -0.39 is 24.2 Å². The van der Waals surface area contributed by atoms with Crippen molar-refractivity contribution < 1.29 is 37.3 Å². The zero-order valence-electron chi connectivity index (χ0n) is 54.0. The second-order valence-corrected chi connectivity index (χ2v) is 19.6. The van der Waals surface area contributed by atoms with Crippen molar-refractivity contribution in [1.82, 2.24) is 41.2 Å². The molecule has 470 valence electrons. The molecule has 6 rings (SSSR count). The number of aromatic nitrogens is 1. The Morgan fingerprint density at radius 2 is 1.38 bits per heavy atom. The first-order valence-electron chi connectivity index (χ1n) is 29.9. The number of alkyl halides is 3. The van der Waals surface area contributed by atoms with Gasteiger partial charge in [0.05, 0.1) is 43.1 Å². The smallest absolute Gasteiger partial charge is 0.405 e. The number of allylic oxidation sites excluding steroid dienone is 1. The lowest BCUT2D eigenvalue weighted by Gasteiger charge is -2.40. The Bertz CT molecular complexity index is 1850. The fourth-order valence-corrected chi connectivity index (χ4v) is 9.69. The number of ether oxygens (including phenoxy) is 2. The second-order valence-electron chi connectivity index (χ2n) is 19.6. The molecule has 0 bridgehead atoms. The van der Waals surface area contributed by atoms with Crippen LogP contribution in [0.4, 0.5) is 18.9 Å². The van der Waals surface area contributed by atoms with Gasteiger partial charge >= 0.3 is 6.18 Å². The van der Waals surface area contributed by atoms with E-state index in [2.05, 4.69) is 87.9 Å². The zero-order chi connectivity index (χ0) is 63.0. The van der Waals surface area contributed by atoms with Crippen molar-refractivity contribution in [2.75, 3.05) is 105 Å². The number of aliphatic hydroxyl groups excluding tert-OH is 1. The lowest BCUT2D eigenvalue weighted by molar-refractivity contribution is -0.131. The van der Waals surface area contributed by atoms with Gasteiger partial charge in [-0.1, -0.05) is 127 Å². The molecular formula is C64H118F3N9O5. The Labute approximate surface area is 492 Å². The highest BCUT2D eigenvalue weighted by atomic mass is 19.4. The number of likely N-dealkylation sites (N-methyl/N-ethyl adjacent to an activating group) is 1. The number of carbonyl (C=O) groups excluding carboxylic acids is 2. The molecule has 81 heavy (non-hydrogen) atoms. The second kappa shape index (κ2) is 51.1. The number of carbonyl (C=O) groups is 2. The quantitative estimate of drug-likeness (QED) is 0.0459. The Balaban J connectivity index is -0.000000543. The molecule has 0 amide bonds. The summed E-state index contributed by atoms with van der Waals surface area (Å²) in [6.45, 7) is 52.9. The largest absolute Gasteiger partial charge is 0.467 e. The highest BCUT2D eigenvalue weighted by Crippen LogP contribution is 2.54. The van der Waals surface area contributed by atoms with Crippen molar-refractivity contribution in [2.24, 2.45) is 11.3 Å². The van der Waals surface area contributed by atoms with Gasteiger partial charge in [-0.3, -0.25) is 19.5 Å². The average molecular weight is 1150 g/mol. The van der Waals surface area contributed by atoms with Gasteiger partial charge in [0.2, 0.25) is 0 Å². The molecule has 5 unspecified atom stereocenters. The van der Waals surface area contributed by atoms with Crippen LogP contribution < -0.4 is 26.3 Å². The third-order valence-electron chi connectivity index (χ3n) is 12.8. The SMILES string of the molecule is C=C.C=C(NC(CN1CCCC1)C(=C)N1CCCCN1)C(C(C)C)N1CCCC1.C=CC=O.CC.CC.CC.CC.CNC.CNCCO.COC(C)c1ncccc1C1C(CC(C)(C)COC=O)c2ccccc2N1CC(F)(F)F. The van der Waals surface area contributed by atoms with Gasteiger partial charge in [0.1, 0.15) is 12.8 Å². The Morgan fingerprint density at radius 1 is 0.852 bits per heavy atom. The number of methoxy groups -OCH3 is 1. The van der Waals surface area contributed by atoms with Gasteiger partial charge in [0, 0.05) is 62.5 Å². The molecule has 0 radical (unpaired) electrons. The standard InChI is InChI=1S/C24H29F3N2O3.C22H41N5.C3H9NO.C3H4O.C2H7N.4C2H6.C2H4/c1-16(31-4)21-18(9-7-11-28-21)22-19(12-23(2,3)14-32-15-30)17-8-5-6-10-20(17)29(22)13-24(25,26)27;1-18(2)22(26-14-9-10-15-26)19(3)24-21(17-25-12-7-8-13-25)20(4)27-16-6-5-11-23-27;1-4-2-3-5;1-2-3-4;1-3-2;5*1-2/h5-11,15-16,19,22H,12-14H2,1-4H3;18,21-24H,3-17H2,1-2H3;4-5H,2-3H2,1H3;2-3H,1H2;3H,1-2H3;4*1-2H3;1-2H2. The maximum atomic E-state index is 13.7. The molecule has 4 aliphatic heterocycles. The number of hydrogen-bond acceptors (Lipinski definition) is 14. The van der Waals surface area contributed by atoms with Crippen LogP contribution in [0.1, 0.15) is 170 Å². The van der Waals surface area contributed by atoms with Gasteiger partial charge in [-0.2, -0.15) is 13.2 Å². The van der Waals surface area contributed by atoms with Crippen molar-refractivity contribution in [2.45, 2.75) is 171 Å². The highest BCUT2D eigenvalue weighted by molar-refractivity contribution is 5.64. The number of likely N-dealkylation sites (tertiary alicyclic amines) is 2. The van der Waals surface area contributed by atoms with Crippen LogP contribution in [0, 0.1) is 11.3 Å². The highest BCUT2D eigenvalue weighted by Gasteiger charge is 2.47. The van der Waals surface area contributed by atoms with Crippen LogP contribution in [-0.4, -0.2) is 156 Å². The topological polar surface area (TPSA) is 147 Å². The number of rotatable bonds is 21. The van der Waals surface area contributed by atoms with Crippen LogP contribution >= 0.6 is 0 Å². The Morgan fingerprint density at radius 3 is 1.84 bits per heavy atom. The zero-order valence-corrected chi connectivity index (χ0v) is 54.0. The van der Waals surface area contributed by atoms with Gasteiger partial charge in [0.15, 0.2) is 0 Å². The molecule has 3 saturated heterocycles. The molecule has 4 aliphatic rings. The summed E-state index contributed by atoms with van der Waals surface area (Å²) in [5.41, 5.74) is 8.18. The van der Waals surface area contributed by atoms with Crippen LogP contribution in [-0.2, 0) is 19.1 Å². The molecule has 1 aromatic carbocycles. The Kier molecular flexibility index (Phi) is 52.2. The number of aldehydes is 1. The van der Waals surface area contributed by atoms with Crippen LogP contribution in [0.3, 0.4) is 0 Å². The molecule has 0 spiro atoms. The van der Waals surface area contributed by atoms with Gasteiger partial charge in [-0.05, 0) is 140 Å². The summed E-state index contributed by atoms with van der Waals surface area (Å²) < 4.78 is 51.6. The summed E-state index contributed by atoms with van der Waals surface area (Å²) in [6, 6.07) is 10.8. The van der Waals surface area contributed by atoms with Gasteiger partial charge in [-0.25, -0.2) is 5.43 Å². The molecule has 5 heterocycles. The lowest BCUT2D eigenvalue weighted by Crippen LogP contribution is -2.53. The number of nitrogens with zero attached hydrogens (tertiary/aromatic N) is 5. The van der Waals surface area contributed by atoms with E-state index in [1.807, 2.05) is 108 Å². The van der Waals surface area contributed by atoms with Gasteiger partial charge in [-0.15, -0.1) is 13.2 Å². The van der Waals surface area contributed by atoms with Crippen molar-refractivity contribution in [3.8, 4) is 0 Å². The third-order valence-corrected chi connectivity index (χ3v) is 12.8. The summed E-state index contributed by atoms with van der Waals surface area (Å²) in [5.74, 6) is 0.308. The summed E-state index contributed by atoms with van der Waals surface area (Å²) in [7, 11) is 7.10. The van der Waals surface area contributed by atoms with E-state index in [1.165, 1.54) is 87.1 Å². The van der Waals surface area contributed by atoms with E-state index in [-0.39, 0.29) is 31.3 Å². The lowest BCUT2D eigenvalue weighted by atomic mass is 9.76. The normalized spacial score (nSPS) is 17.2. The molecule has 3 fully saturated rings. The number of fused-ring (bicyclic) bond motifs is 1. The Hall–Kier alpha value is -4.62. The first-order valence-corrected chi connectivity index (χ1v) is 29.9. The summed E-state index contributed by atoms with van der Waals surface area (Å²) in [5, 5.41) is 19.6. The summed E-state index contributed by atoms with van der Waals surface area (Å²) in [4.78, 5) is 30.9. The van der Waals surface area contributed by atoms with Crippen molar-refractivity contribution in [3.05, 3.63) is 110 Å². The average Bonchev–Trinajstić information content (AvgIpc) is 4.28. The number of para-hydroxylation sites is 1. The van der Waals surface area contributed by atoms with E-state index in [0.29, 0.717) is 54.6 Å². The summed E-state index contributed by atoms with van der Waals surface area (Å²) >= 11 is 0. The fourth-order valence-electron chi connectivity index (χ4n) is 9.69. The van der Waals surface area contributed by atoms with Crippen molar-refractivity contribution >= 4 is 18.4 Å². The van der Waals surface area contributed by atoms with E-state index in [0.717, 1.165) is 25.2 Å². The third kappa shape index (κ3) is 32.7. The number of nitrogens with one attached hydrogen (secondary N) is 4. The molecule has 17 heteroatoms. The molecule has 0 saturated carbocycles. The predicted octanol–water partition coefficient (Wildman–Crippen LogP) is 12.7. The number of benzene rings is 1.